The highest BCUT2D eigenvalue weighted by molar-refractivity contribution is 5.99. The van der Waals surface area contributed by atoms with Crippen molar-refractivity contribution in [2.45, 2.75) is 26.2 Å². The number of benzene rings is 1. The van der Waals surface area contributed by atoms with E-state index in [4.69, 9.17) is 0 Å². The number of carbonyl (C=O) groups is 1. The van der Waals surface area contributed by atoms with Crippen molar-refractivity contribution in [3.8, 4) is 0 Å². The fraction of sp³-hybridized carbons (Fsp3) is 0.211. The molecule has 2 aromatic heterocycles. The van der Waals surface area contributed by atoms with Gasteiger partial charge in [0.2, 0.25) is 0 Å². The topological polar surface area (TPSA) is 82.7 Å². The number of urea groups is 1. The minimum Gasteiger partial charge on any atom is -0.348 e. The second kappa shape index (κ2) is 7.77. The van der Waals surface area contributed by atoms with Crippen molar-refractivity contribution in [3.05, 3.63) is 71.7 Å². The first-order valence-corrected chi connectivity index (χ1v) is 8.39. The number of H-pyrrole nitrogens is 1. The van der Waals surface area contributed by atoms with E-state index in [9.17, 15) is 9.18 Å². The summed E-state index contributed by atoms with van der Waals surface area (Å²) in [6.45, 7) is 3.93. The number of aromatic amines is 1. The standard InChI is InChI=1S/C19H20FN5O/c1-3-16-18(23-11-22-16)12(2)14-8-7-13(10-15(14)20)24-19(26)25-17-6-4-5-9-21-17/h4-12H,3H2,1-2H3,(H,22,23)(H2,21,24,25,26)/t12-/m0/s1. The molecule has 7 heteroatoms. The molecule has 1 aromatic carbocycles. The smallest absolute Gasteiger partial charge is 0.324 e. The molecule has 0 fully saturated rings. The van der Waals surface area contributed by atoms with Crippen molar-refractivity contribution < 1.29 is 9.18 Å². The molecule has 0 spiro atoms. The highest BCUT2D eigenvalue weighted by Gasteiger charge is 2.18. The molecule has 0 unspecified atom stereocenters. The number of nitrogens with one attached hydrogen (secondary N) is 3. The molecule has 2 heterocycles. The number of amides is 2. The molecule has 3 aromatic rings. The van der Waals surface area contributed by atoms with Gasteiger partial charge in [-0.15, -0.1) is 0 Å². The summed E-state index contributed by atoms with van der Waals surface area (Å²) in [5.41, 5.74) is 2.74. The number of halogens is 1. The molecule has 0 aliphatic heterocycles. The van der Waals surface area contributed by atoms with Crippen LogP contribution < -0.4 is 10.6 Å². The number of pyridine rings is 1. The fourth-order valence-corrected chi connectivity index (χ4v) is 2.82. The zero-order valence-electron chi connectivity index (χ0n) is 14.6. The lowest BCUT2D eigenvalue weighted by molar-refractivity contribution is 0.262. The Kier molecular flexibility index (Phi) is 5.26. The van der Waals surface area contributed by atoms with Gasteiger partial charge < -0.3 is 10.3 Å². The zero-order chi connectivity index (χ0) is 18.5. The van der Waals surface area contributed by atoms with Gasteiger partial charge in [-0.1, -0.05) is 26.0 Å². The van der Waals surface area contributed by atoms with Gasteiger partial charge >= 0.3 is 6.03 Å². The Labute approximate surface area is 150 Å². The van der Waals surface area contributed by atoms with Gasteiger partial charge in [-0.25, -0.2) is 19.2 Å². The van der Waals surface area contributed by atoms with E-state index in [0.717, 1.165) is 17.8 Å². The second-order valence-corrected chi connectivity index (χ2v) is 5.87. The highest BCUT2D eigenvalue weighted by Crippen LogP contribution is 2.28. The molecule has 1 atom stereocenters. The van der Waals surface area contributed by atoms with Crippen LogP contribution in [0.25, 0.3) is 0 Å². The molecule has 0 radical (unpaired) electrons. The van der Waals surface area contributed by atoms with Crippen molar-refractivity contribution in [1.82, 2.24) is 15.0 Å². The summed E-state index contributed by atoms with van der Waals surface area (Å²) < 4.78 is 14.6. The van der Waals surface area contributed by atoms with Crippen molar-refractivity contribution >= 4 is 17.5 Å². The van der Waals surface area contributed by atoms with Gasteiger partial charge in [-0.05, 0) is 36.2 Å². The number of imidazole rings is 1. The van der Waals surface area contributed by atoms with Crippen LogP contribution >= 0.6 is 0 Å². The molecule has 3 N–H and O–H groups in total. The molecule has 3 rings (SSSR count). The van der Waals surface area contributed by atoms with Crippen molar-refractivity contribution in [1.29, 1.82) is 0 Å². The van der Waals surface area contributed by atoms with E-state index >= 15 is 0 Å². The first-order chi connectivity index (χ1) is 12.6. The average Bonchev–Trinajstić information content (AvgIpc) is 3.11. The lowest BCUT2D eigenvalue weighted by Crippen LogP contribution is -2.20. The Morgan fingerprint density at radius 1 is 1.23 bits per heavy atom. The number of hydrogen-bond acceptors (Lipinski definition) is 3. The van der Waals surface area contributed by atoms with Gasteiger partial charge in [0, 0.05) is 23.5 Å². The van der Waals surface area contributed by atoms with Crippen LogP contribution in [0.5, 0.6) is 0 Å². The van der Waals surface area contributed by atoms with Crippen LogP contribution in [-0.4, -0.2) is 21.0 Å². The molecule has 0 aliphatic rings. The van der Waals surface area contributed by atoms with Crippen molar-refractivity contribution in [3.63, 3.8) is 0 Å². The third-order valence-electron chi connectivity index (χ3n) is 4.15. The van der Waals surface area contributed by atoms with Crippen LogP contribution in [0.2, 0.25) is 0 Å². The van der Waals surface area contributed by atoms with Crippen LogP contribution in [0.15, 0.2) is 48.9 Å². The van der Waals surface area contributed by atoms with E-state index in [1.54, 1.807) is 42.9 Å². The van der Waals surface area contributed by atoms with Gasteiger partial charge in [-0.2, -0.15) is 0 Å². The van der Waals surface area contributed by atoms with Gasteiger partial charge in [0.25, 0.3) is 0 Å². The molecule has 0 saturated carbocycles. The number of rotatable bonds is 5. The lowest BCUT2D eigenvalue weighted by atomic mass is 9.95. The summed E-state index contributed by atoms with van der Waals surface area (Å²) in [5, 5.41) is 5.19. The fourth-order valence-electron chi connectivity index (χ4n) is 2.82. The zero-order valence-corrected chi connectivity index (χ0v) is 14.6. The Bertz CT molecular complexity index is 894. The van der Waals surface area contributed by atoms with Crippen molar-refractivity contribution in [2.75, 3.05) is 10.6 Å². The Morgan fingerprint density at radius 2 is 2.08 bits per heavy atom. The maximum atomic E-state index is 14.6. The predicted molar refractivity (Wildman–Crippen MR) is 98.8 cm³/mol. The third-order valence-corrected chi connectivity index (χ3v) is 4.15. The summed E-state index contributed by atoms with van der Waals surface area (Å²) >= 11 is 0. The minimum atomic E-state index is -0.481. The predicted octanol–water partition coefficient (Wildman–Crippen LogP) is 4.30. The first-order valence-electron chi connectivity index (χ1n) is 8.39. The Hall–Kier alpha value is -3.22. The summed E-state index contributed by atoms with van der Waals surface area (Å²) in [4.78, 5) is 23.3. The van der Waals surface area contributed by atoms with Crippen LogP contribution in [0, 0.1) is 5.82 Å². The van der Waals surface area contributed by atoms with Crippen molar-refractivity contribution in [2.24, 2.45) is 0 Å². The molecule has 6 nitrogen and oxygen atoms in total. The number of aromatic nitrogens is 3. The van der Waals surface area contributed by atoms with Gasteiger partial charge in [0.05, 0.1) is 12.0 Å². The quantitative estimate of drug-likeness (QED) is 0.639. The largest absolute Gasteiger partial charge is 0.348 e. The lowest BCUT2D eigenvalue weighted by Gasteiger charge is -2.14. The maximum absolute atomic E-state index is 14.6. The number of aryl methyl sites for hydroxylation is 1. The number of carbonyl (C=O) groups excluding carboxylic acids is 1. The molecule has 0 saturated heterocycles. The van der Waals surface area contributed by atoms with Crippen LogP contribution in [0.3, 0.4) is 0 Å². The van der Waals surface area contributed by atoms with E-state index in [2.05, 4.69) is 25.6 Å². The first kappa shape index (κ1) is 17.6. The van der Waals surface area contributed by atoms with E-state index < -0.39 is 6.03 Å². The van der Waals surface area contributed by atoms with E-state index in [-0.39, 0.29) is 11.7 Å². The molecule has 0 aliphatic carbocycles. The Morgan fingerprint density at radius 3 is 2.77 bits per heavy atom. The van der Waals surface area contributed by atoms with Crippen LogP contribution in [0.1, 0.15) is 36.7 Å². The minimum absolute atomic E-state index is 0.163. The van der Waals surface area contributed by atoms with E-state index in [1.807, 2.05) is 13.8 Å². The monoisotopic (exact) mass is 353 g/mol. The summed E-state index contributed by atoms with van der Waals surface area (Å²) in [5.74, 6) is -0.129. The SMILES string of the molecule is CCc1nc[nH]c1[C@@H](C)c1ccc(NC(=O)Nc2ccccn2)cc1F. The van der Waals surface area contributed by atoms with E-state index in [0.29, 0.717) is 17.1 Å². The summed E-state index contributed by atoms with van der Waals surface area (Å²) in [6, 6.07) is 9.36. The second-order valence-electron chi connectivity index (χ2n) is 5.87. The summed E-state index contributed by atoms with van der Waals surface area (Å²) in [7, 11) is 0. The van der Waals surface area contributed by atoms with Gasteiger partial charge in [-0.3, -0.25) is 5.32 Å². The average molecular weight is 353 g/mol. The van der Waals surface area contributed by atoms with Gasteiger partial charge in [0.1, 0.15) is 11.6 Å². The molecular weight excluding hydrogens is 333 g/mol. The van der Waals surface area contributed by atoms with Crippen LogP contribution in [-0.2, 0) is 6.42 Å². The molecular formula is C19H20FN5O. The van der Waals surface area contributed by atoms with Gasteiger partial charge in [0.15, 0.2) is 0 Å². The molecule has 134 valence electrons. The molecule has 2 amide bonds. The molecule has 26 heavy (non-hydrogen) atoms. The number of hydrogen-bond donors (Lipinski definition) is 3. The number of nitrogens with zero attached hydrogens (tertiary/aromatic N) is 2. The highest BCUT2D eigenvalue weighted by atomic mass is 19.1. The Balaban J connectivity index is 1.72. The van der Waals surface area contributed by atoms with E-state index in [1.165, 1.54) is 6.07 Å². The summed E-state index contributed by atoms with van der Waals surface area (Å²) in [6.07, 6.45) is 3.98. The third kappa shape index (κ3) is 3.88. The maximum Gasteiger partial charge on any atom is 0.324 e. The number of anilines is 2. The van der Waals surface area contributed by atoms with Crippen LogP contribution in [0.4, 0.5) is 20.7 Å². The molecule has 0 bridgehead atoms. The normalized spacial score (nSPS) is 11.8.